The number of aromatic nitrogens is 1. The third-order valence-electron chi connectivity index (χ3n) is 4.40. The molecule has 3 aromatic rings. The molecule has 2 aromatic carbocycles. The Balaban J connectivity index is 1.41. The van der Waals surface area contributed by atoms with Gasteiger partial charge in [0.15, 0.2) is 0 Å². The molecule has 0 bridgehead atoms. The molecule has 1 aliphatic rings. The molecule has 5 heteroatoms. The van der Waals surface area contributed by atoms with Crippen LogP contribution in [0.25, 0.3) is 17.0 Å². The van der Waals surface area contributed by atoms with Crippen LogP contribution in [0.5, 0.6) is 0 Å². The lowest BCUT2D eigenvalue weighted by Crippen LogP contribution is -2.25. The standard InChI is InChI=1S/C22H19N3O2/c26-20(25-19-5-1-3-16-4-2-14-23-21(16)19)13-8-15-6-9-17(10-7-15)22(27)24-18-11-12-18/h1-10,13-14,18H,11-12H2,(H,24,27)(H,25,26)/b13-8+. The molecule has 1 fully saturated rings. The molecule has 1 heterocycles. The lowest BCUT2D eigenvalue weighted by Gasteiger charge is -2.06. The van der Waals surface area contributed by atoms with E-state index in [2.05, 4.69) is 15.6 Å². The molecular weight excluding hydrogens is 338 g/mol. The van der Waals surface area contributed by atoms with Crippen LogP contribution < -0.4 is 10.6 Å². The van der Waals surface area contributed by atoms with Gasteiger partial charge in [0.1, 0.15) is 0 Å². The summed E-state index contributed by atoms with van der Waals surface area (Å²) in [4.78, 5) is 28.6. The topological polar surface area (TPSA) is 71.1 Å². The molecule has 1 saturated carbocycles. The van der Waals surface area contributed by atoms with Crippen LogP contribution in [-0.2, 0) is 4.79 Å². The van der Waals surface area contributed by atoms with Crippen LogP contribution >= 0.6 is 0 Å². The number of rotatable bonds is 5. The Morgan fingerprint density at radius 2 is 1.78 bits per heavy atom. The summed E-state index contributed by atoms with van der Waals surface area (Å²) in [6.07, 6.45) is 7.02. The first-order valence-electron chi connectivity index (χ1n) is 8.93. The number of carbonyl (C=O) groups is 2. The van der Waals surface area contributed by atoms with Crippen LogP contribution in [0.2, 0.25) is 0 Å². The second kappa shape index (κ2) is 7.41. The van der Waals surface area contributed by atoms with E-state index in [1.807, 2.05) is 42.5 Å². The summed E-state index contributed by atoms with van der Waals surface area (Å²) in [6.45, 7) is 0. The van der Waals surface area contributed by atoms with Gasteiger partial charge in [0.2, 0.25) is 5.91 Å². The minimum absolute atomic E-state index is 0.0470. The Bertz CT molecular complexity index is 1020. The van der Waals surface area contributed by atoms with Gasteiger partial charge in [-0.1, -0.05) is 30.3 Å². The van der Waals surface area contributed by atoms with Gasteiger partial charge in [0, 0.05) is 29.3 Å². The summed E-state index contributed by atoms with van der Waals surface area (Å²) in [5.74, 6) is -0.280. The number of pyridine rings is 1. The molecule has 134 valence electrons. The van der Waals surface area contributed by atoms with Crippen LogP contribution in [0.1, 0.15) is 28.8 Å². The largest absolute Gasteiger partial charge is 0.349 e. The van der Waals surface area contributed by atoms with Crippen molar-refractivity contribution in [1.29, 1.82) is 0 Å². The van der Waals surface area contributed by atoms with E-state index in [4.69, 9.17) is 0 Å². The van der Waals surface area contributed by atoms with E-state index in [1.54, 1.807) is 24.4 Å². The predicted octanol–water partition coefficient (Wildman–Crippen LogP) is 3.78. The molecule has 0 atom stereocenters. The number of benzene rings is 2. The fourth-order valence-electron chi connectivity index (χ4n) is 2.79. The van der Waals surface area contributed by atoms with Crippen molar-refractivity contribution in [2.75, 3.05) is 5.32 Å². The smallest absolute Gasteiger partial charge is 0.251 e. The minimum atomic E-state index is -0.233. The van der Waals surface area contributed by atoms with E-state index in [0.717, 1.165) is 29.3 Å². The number of para-hydroxylation sites is 1. The lowest BCUT2D eigenvalue weighted by atomic mass is 10.1. The zero-order chi connectivity index (χ0) is 18.6. The molecule has 0 aliphatic heterocycles. The highest BCUT2D eigenvalue weighted by Gasteiger charge is 2.23. The maximum absolute atomic E-state index is 12.2. The fraction of sp³-hybridized carbons (Fsp3) is 0.136. The number of hydrogen-bond donors (Lipinski definition) is 2. The van der Waals surface area contributed by atoms with Gasteiger partial charge >= 0.3 is 0 Å². The van der Waals surface area contributed by atoms with Crippen molar-refractivity contribution in [2.45, 2.75) is 18.9 Å². The summed E-state index contributed by atoms with van der Waals surface area (Å²) in [5, 5.41) is 6.79. The Morgan fingerprint density at radius 3 is 2.56 bits per heavy atom. The number of nitrogens with zero attached hydrogens (tertiary/aromatic N) is 1. The van der Waals surface area contributed by atoms with Gasteiger partial charge in [-0.2, -0.15) is 0 Å². The van der Waals surface area contributed by atoms with E-state index < -0.39 is 0 Å². The van der Waals surface area contributed by atoms with Crippen LogP contribution in [0.4, 0.5) is 5.69 Å². The lowest BCUT2D eigenvalue weighted by molar-refractivity contribution is -0.111. The second-order valence-electron chi connectivity index (χ2n) is 6.57. The van der Waals surface area contributed by atoms with Crippen molar-refractivity contribution in [2.24, 2.45) is 0 Å². The maximum Gasteiger partial charge on any atom is 0.251 e. The Kier molecular flexibility index (Phi) is 4.66. The van der Waals surface area contributed by atoms with Crippen molar-refractivity contribution in [3.05, 3.63) is 78.0 Å². The highest BCUT2D eigenvalue weighted by molar-refractivity contribution is 6.06. The third kappa shape index (κ3) is 4.20. The maximum atomic E-state index is 12.2. The number of anilines is 1. The zero-order valence-corrected chi connectivity index (χ0v) is 14.7. The summed E-state index contributed by atoms with van der Waals surface area (Å²) in [7, 11) is 0. The molecule has 1 aliphatic carbocycles. The second-order valence-corrected chi connectivity index (χ2v) is 6.57. The summed E-state index contributed by atoms with van der Waals surface area (Å²) in [6, 6.07) is 17.0. The van der Waals surface area contributed by atoms with E-state index in [9.17, 15) is 9.59 Å². The molecule has 5 nitrogen and oxygen atoms in total. The average Bonchev–Trinajstić information content (AvgIpc) is 3.51. The molecule has 0 spiro atoms. The van der Waals surface area contributed by atoms with E-state index in [0.29, 0.717) is 17.3 Å². The van der Waals surface area contributed by atoms with Crippen molar-refractivity contribution >= 4 is 34.5 Å². The van der Waals surface area contributed by atoms with Gasteiger partial charge in [0.25, 0.3) is 5.91 Å². The van der Waals surface area contributed by atoms with Crippen molar-refractivity contribution in [3.63, 3.8) is 0 Å². The zero-order valence-electron chi connectivity index (χ0n) is 14.7. The van der Waals surface area contributed by atoms with Crippen LogP contribution in [0.3, 0.4) is 0 Å². The van der Waals surface area contributed by atoms with E-state index in [-0.39, 0.29) is 11.8 Å². The number of nitrogens with one attached hydrogen (secondary N) is 2. The summed E-state index contributed by atoms with van der Waals surface area (Å²) in [5.41, 5.74) is 2.91. The molecule has 0 saturated heterocycles. The molecule has 0 unspecified atom stereocenters. The summed E-state index contributed by atoms with van der Waals surface area (Å²) < 4.78 is 0. The highest BCUT2D eigenvalue weighted by Crippen LogP contribution is 2.21. The van der Waals surface area contributed by atoms with Gasteiger partial charge < -0.3 is 10.6 Å². The quantitative estimate of drug-likeness (QED) is 0.683. The Morgan fingerprint density at radius 1 is 1.00 bits per heavy atom. The molecule has 1 aromatic heterocycles. The van der Waals surface area contributed by atoms with E-state index in [1.165, 1.54) is 6.08 Å². The molecular formula is C22H19N3O2. The van der Waals surface area contributed by atoms with Gasteiger partial charge in [0.05, 0.1) is 11.2 Å². The highest BCUT2D eigenvalue weighted by atomic mass is 16.2. The monoisotopic (exact) mass is 357 g/mol. The molecule has 27 heavy (non-hydrogen) atoms. The fourth-order valence-corrected chi connectivity index (χ4v) is 2.79. The average molecular weight is 357 g/mol. The van der Waals surface area contributed by atoms with Gasteiger partial charge in [-0.3, -0.25) is 14.6 Å². The predicted molar refractivity (Wildman–Crippen MR) is 106 cm³/mol. The molecule has 4 rings (SSSR count). The van der Waals surface area contributed by atoms with Gasteiger partial charge in [-0.05, 0) is 48.7 Å². The normalized spacial score (nSPS) is 13.6. The van der Waals surface area contributed by atoms with Crippen LogP contribution in [0.15, 0.2) is 66.9 Å². The number of amides is 2. The van der Waals surface area contributed by atoms with Crippen molar-refractivity contribution in [1.82, 2.24) is 10.3 Å². The van der Waals surface area contributed by atoms with Crippen LogP contribution in [0, 0.1) is 0 Å². The van der Waals surface area contributed by atoms with E-state index >= 15 is 0 Å². The molecule has 2 N–H and O–H groups in total. The minimum Gasteiger partial charge on any atom is -0.349 e. The third-order valence-corrected chi connectivity index (χ3v) is 4.40. The molecule has 0 radical (unpaired) electrons. The first-order chi connectivity index (χ1) is 13.2. The Labute approximate surface area is 157 Å². The van der Waals surface area contributed by atoms with Crippen LogP contribution in [-0.4, -0.2) is 22.8 Å². The Hall–Kier alpha value is -3.47. The SMILES string of the molecule is O=C(/C=C/c1ccc(C(=O)NC2CC2)cc1)Nc1cccc2cccnc12. The summed E-state index contributed by atoms with van der Waals surface area (Å²) >= 11 is 0. The van der Waals surface area contributed by atoms with Gasteiger partial charge in [-0.15, -0.1) is 0 Å². The number of fused-ring (bicyclic) bond motifs is 1. The molecule has 2 amide bonds. The first kappa shape index (κ1) is 17.0. The first-order valence-corrected chi connectivity index (χ1v) is 8.93. The number of carbonyl (C=O) groups excluding carboxylic acids is 2. The van der Waals surface area contributed by atoms with Crippen molar-refractivity contribution < 1.29 is 9.59 Å². The number of hydrogen-bond acceptors (Lipinski definition) is 3. The van der Waals surface area contributed by atoms with Gasteiger partial charge in [-0.25, -0.2) is 0 Å². The van der Waals surface area contributed by atoms with Crippen molar-refractivity contribution in [3.8, 4) is 0 Å².